The Kier molecular flexibility index (Phi) is 6.15. The topological polar surface area (TPSA) is 99.8 Å². The van der Waals surface area contributed by atoms with E-state index in [9.17, 15) is 9.18 Å². The van der Waals surface area contributed by atoms with Crippen LogP contribution in [0.2, 0.25) is 0 Å². The van der Waals surface area contributed by atoms with Gasteiger partial charge in [-0.15, -0.1) is 0 Å². The lowest BCUT2D eigenvalue weighted by molar-refractivity contribution is -0.143. The van der Waals surface area contributed by atoms with Crippen molar-refractivity contribution in [2.45, 2.75) is 12.0 Å². The average Bonchev–Trinajstić information content (AvgIpc) is 2.71. The fourth-order valence-electron chi connectivity index (χ4n) is 3.26. The monoisotopic (exact) mass is 378 g/mol. The summed E-state index contributed by atoms with van der Waals surface area (Å²) in [7, 11) is 2.76. The molecule has 0 aliphatic carbocycles. The normalized spacial score (nSPS) is 19.0. The number of carbonyl (C=O) groups is 1. The van der Waals surface area contributed by atoms with Crippen molar-refractivity contribution in [2.75, 3.05) is 47.0 Å². The first kappa shape index (κ1) is 19.4. The molecular formula is C18H23FN4O4. The predicted octanol–water partition coefficient (Wildman–Crippen LogP) is 0.694. The summed E-state index contributed by atoms with van der Waals surface area (Å²) in [4.78, 5) is 22.9. The van der Waals surface area contributed by atoms with Gasteiger partial charge in [0.1, 0.15) is 5.82 Å². The van der Waals surface area contributed by atoms with E-state index in [2.05, 4.69) is 9.97 Å². The predicted molar refractivity (Wildman–Crippen MR) is 96.0 cm³/mol. The van der Waals surface area contributed by atoms with Crippen LogP contribution < -0.4 is 10.5 Å². The molecule has 2 N–H and O–H groups in total. The van der Waals surface area contributed by atoms with Gasteiger partial charge in [0.15, 0.2) is 0 Å². The SMILES string of the molecule is COC(=O)C(CN1CCOC(CN)C1)c1c(F)cnc2ccc(OC)nc12. The molecule has 2 aromatic heterocycles. The van der Waals surface area contributed by atoms with Gasteiger partial charge in [0.05, 0.1) is 50.1 Å². The maximum atomic E-state index is 14.8. The van der Waals surface area contributed by atoms with Crippen LogP contribution in [0.4, 0.5) is 4.39 Å². The molecule has 2 unspecified atom stereocenters. The second kappa shape index (κ2) is 8.55. The molecule has 27 heavy (non-hydrogen) atoms. The number of methoxy groups -OCH3 is 2. The van der Waals surface area contributed by atoms with Crippen molar-refractivity contribution < 1.29 is 23.4 Å². The van der Waals surface area contributed by atoms with Crippen LogP contribution in [0.15, 0.2) is 18.3 Å². The molecule has 0 aromatic carbocycles. The van der Waals surface area contributed by atoms with Crippen molar-refractivity contribution in [3.8, 4) is 5.88 Å². The van der Waals surface area contributed by atoms with Gasteiger partial charge < -0.3 is 19.9 Å². The highest BCUT2D eigenvalue weighted by atomic mass is 19.1. The fourth-order valence-corrected chi connectivity index (χ4v) is 3.26. The van der Waals surface area contributed by atoms with Gasteiger partial charge in [-0.05, 0) is 6.07 Å². The van der Waals surface area contributed by atoms with Gasteiger partial charge in [-0.3, -0.25) is 14.7 Å². The molecule has 1 fully saturated rings. The molecule has 2 aromatic rings. The first-order valence-corrected chi connectivity index (χ1v) is 8.68. The van der Waals surface area contributed by atoms with Gasteiger partial charge in [-0.1, -0.05) is 0 Å². The minimum absolute atomic E-state index is 0.116. The fraction of sp³-hybridized carbons (Fsp3) is 0.500. The number of ether oxygens (including phenoxy) is 3. The third-order valence-corrected chi connectivity index (χ3v) is 4.65. The number of aromatic nitrogens is 2. The van der Waals surface area contributed by atoms with Gasteiger partial charge >= 0.3 is 5.97 Å². The quantitative estimate of drug-likeness (QED) is 0.733. The minimum Gasteiger partial charge on any atom is -0.481 e. The maximum absolute atomic E-state index is 14.8. The maximum Gasteiger partial charge on any atom is 0.314 e. The van der Waals surface area contributed by atoms with Crippen LogP contribution in [0.1, 0.15) is 11.5 Å². The summed E-state index contributed by atoms with van der Waals surface area (Å²) in [6, 6.07) is 3.32. The standard InChI is InChI=1S/C18H23FN4O4/c1-25-15-4-3-14-17(22-15)16(13(19)8-21-14)12(18(24)26-2)10-23-5-6-27-11(7-20)9-23/h3-4,8,11-12H,5-7,9-10,20H2,1-2H3. The summed E-state index contributed by atoms with van der Waals surface area (Å²) in [5.41, 5.74) is 6.60. The number of pyridine rings is 2. The molecule has 0 spiro atoms. The Morgan fingerprint density at radius 1 is 1.48 bits per heavy atom. The summed E-state index contributed by atoms with van der Waals surface area (Å²) in [6.07, 6.45) is 0.985. The zero-order valence-electron chi connectivity index (χ0n) is 15.4. The van der Waals surface area contributed by atoms with Gasteiger partial charge in [-0.25, -0.2) is 9.37 Å². The Morgan fingerprint density at radius 2 is 2.30 bits per heavy atom. The van der Waals surface area contributed by atoms with E-state index in [1.165, 1.54) is 14.2 Å². The summed E-state index contributed by atoms with van der Waals surface area (Å²) in [5.74, 6) is -1.70. The van der Waals surface area contributed by atoms with Crippen LogP contribution in [-0.2, 0) is 14.3 Å². The average molecular weight is 378 g/mol. The molecule has 1 aliphatic heterocycles. The van der Waals surface area contributed by atoms with Crippen LogP contribution in [0, 0.1) is 5.82 Å². The van der Waals surface area contributed by atoms with Crippen molar-refractivity contribution in [1.82, 2.24) is 14.9 Å². The molecule has 0 bridgehead atoms. The van der Waals surface area contributed by atoms with Gasteiger partial charge in [0, 0.05) is 37.8 Å². The molecule has 1 aliphatic rings. The minimum atomic E-state index is -0.864. The highest BCUT2D eigenvalue weighted by Crippen LogP contribution is 2.29. The lowest BCUT2D eigenvalue weighted by Crippen LogP contribution is -2.47. The molecule has 2 atom stereocenters. The number of hydrogen-bond acceptors (Lipinski definition) is 8. The Hall–Kier alpha value is -2.36. The number of nitrogens with zero attached hydrogens (tertiary/aromatic N) is 3. The highest BCUT2D eigenvalue weighted by Gasteiger charge is 2.32. The number of rotatable bonds is 6. The number of carbonyl (C=O) groups excluding carboxylic acids is 1. The van der Waals surface area contributed by atoms with E-state index in [-0.39, 0.29) is 23.7 Å². The van der Waals surface area contributed by atoms with Crippen LogP contribution in [0.3, 0.4) is 0 Å². The Bertz CT molecular complexity index is 819. The number of fused-ring (bicyclic) bond motifs is 1. The van der Waals surface area contributed by atoms with Crippen molar-refractivity contribution >= 4 is 17.0 Å². The number of hydrogen-bond donors (Lipinski definition) is 1. The van der Waals surface area contributed by atoms with Crippen LogP contribution in [0.25, 0.3) is 11.0 Å². The summed E-state index contributed by atoms with van der Waals surface area (Å²) in [5, 5.41) is 0. The molecule has 3 rings (SSSR count). The van der Waals surface area contributed by atoms with E-state index in [4.69, 9.17) is 19.9 Å². The zero-order chi connectivity index (χ0) is 19.4. The Labute approximate surface area is 156 Å². The molecule has 0 amide bonds. The van der Waals surface area contributed by atoms with Crippen molar-refractivity contribution in [3.63, 3.8) is 0 Å². The second-order valence-electron chi connectivity index (χ2n) is 6.30. The number of esters is 1. The van der Waals surface area contributed by atoms with Crippen molar-refractivity contribution in [3.05, 3.63) is 29.7 Å². The van der Waals surface area contributed by atoms with E-state index in [0.717, 1.165) is 6.20 Å². The molecule has 3 heterocycles. The molecule has 9 heteroatoms. The summed E-state index contributed by atoms with van der Waals surface area (Å²) in [6.45, 7) is 2.32. The van der Waals surface area contributed by atoms with Gasteiger partial charge in [0.25, 0.3) is 0 Å². The van der Waals surface area contributed by atoms with Crippen LogP contribution >= 0.6 is 0 Å². The highest BCUT2D eigenvalue weighted by molar-refractivity contribution is 5.87. The molecule has 146 valence electrons. The van der Waals surface area contributed by atoms with Crippen LogP contribution in [0.5, 0.6) is 5.88 Å². The second-order valence-corrected chi connectivity index (χ2v) is 6.30. The molecule has 0 radical (unpaired) electrons. The Morgan fingerprint density at radius 3 is 3.00 bits per heavy atom. The molecule has 0 saturated carbocycles. The number of morpholine rings is 1. The van der Waals surface area contributed by atoms with Gasteiger partial charge in [-0.2, -0.15) is 0 Å². The zero-order valence-corrected chi connectivity index (χ0v) is 15.4. The third kappa shape index (κ3) is 4.15. The van der Waals surface area contributed by atoms with Crippen molar-refractivity contribution in [2.24, 2.45) is 5.73 Å². The van der Waals surface area contributed by atoms with E-state index in [1.54, 1.807) is 12.1 Å². The van der Waals surface area contributed by atoms with E-state index < -0.39 is 17.7 Å². The summed E-state index contributed by atoms with van der Waals surface area (Å²) < 4.78 is 30.4. The smallest absolute Gasteiger partial charge is 0.314 e. The van der Waals surface area contributed by atoms with E-state index in [1.807, 2.05) is 4.90 Å². The largest absolute Gasteiger partial charge is 0.481 e. The third-order valence-electron chi connectivity index (χ3n) is 4.65. The lowest BCUT2D eigenvalue weighted by atomic mass is 9.96. The molecule has 8 nitrogen and oxygen atoms in total. The van der Waals surface area contributed by atoms with Crippen LogP contribution in [-0.4, -0.2) is 73.9 Å². The van der Waals surface area contributed by atoms with Crippen molar-refractivity contribution in [1.29, 1.82) is 0 Å². The Balaban J connectivity index is 2.02. The first-order chi connectivity index (χ1) is 13.1. The number of nitrogens with two attached hydrogens (primary N) is 1. The van der Waals surface area contributed by atoms with E-state index >= 15 is 0 Å². The lowest BCUT2D eigenvalue weighted by Gasteiger charge is -2.34. The summed E-state index contributed by atoms with van der Waals surface area (Å²) >= 11 is 0. The first-order valence-electron chi connectivity index (χ1n) is 8.68. The van der Waals surface area contributed by atoms with E-state index in [0.29, 0.717) is 37.6 Å². The molecule has 1 saturated heterocycles. The molecular weight excluding hydrogens is 355 g/mol. The van der Waals surface area contributed by atoms with Gasteiger partial charge in [0.2, 0.25) is 5.88 Å². The number of halogens is 1.